The molecule has 71 heavy (non-hydrogen) atoms. The van der Waals surface area contributed by atoms with Crippen molar-refractivity contribution in [1.82, 2.24) is 10.6 Å². The summed E-state index contributed by atoms with van der Waals surface area (Å²) in [5.74, 6) is -1.91. The first kappa shape index (κ1) is 51.7. The Labute approximate surface area is 413 Å². The molecule has 4 aliphatic rings. The van der Waals surface area contributed by atoms with Gasteiger partial charge in [-0.3, -0.25) is 14.4 Å². The number of aryl methyl sites for hydroxylation is 3. The number of fused-ring (bicyclic) bond motifs is 7. The van der Waals surface area contributed by atoms with Crippen molar-refractivity contribution in [1.29, 1.82) is 0 Å². The molecule has 8 rings (SSSR count). The molecule has 0 spiro atoms. The van der Waals surface area contributed by atoms with E-state index in [0.29, 0.717) is 75.5 Å². The average molecular weight is 997 g/mol. The van der Waals surface area contributed by atoms with Gasteiger partial charge >= 0.3 is 5.97 Å². The fourth-order valence-electron chi connectivity index (χ4n) is 12.7. The summed E-state index contributed by atoms with van der Waals surface area (Å²) in [6.45, 7) is 7.65. The molecule has 0 bridgehead atoms. The van der Waals surface area contributed by atoms with E-state index in [0.717, 1.165) is 25.0 Å². The van der Waals surface area contributed by atoms with E-state index in [9.17, 15) is 47.5 Å². The van der Waals surface area contributed by atoms with Gasteiger partial charge in [0.15, 0.2) is 18.9 Å². The Morgan fingerprint density at radius 2 is 1.56 bits per heavy atom. The molecule has 0 saturated heterocycles. The van der Waals surface area contributed by atoms with E-state index in [1.807, 2.05) is 41.8 Å². The van der Waals surface area contributed by atoms with Crippen LogP contribution >= 0.6 is 0 Å². The molecule has 1 aromatic heterocycles. The van der Waals surface area contributed by atoms with Gasteiger partial charge in [-0.1, -0.05) is 48.8 Å². The second kappa shape index (κ2) is 20.8. The Morgan fingerprint density at radius 1 is 0.915 bits per heavy atom. The van der Waals surface area contributed by atoms with E-state index >= 15 is 0 Å². The standard InChI is InChI=1S/C53H64N4O13S/c1-32-26-34(27-33(2)48(32)70-50(63)46-38-10-5-7-12-41(38)57(22-9-25-71(65,66)67)42-13-8-6-11-39(42)46)49(62)55-21-24-68-23-20-54-45(61)31-69-56-36-16-18-51(3)35(28-36)14-15-37-40-17-19-53(64,44(60)30-58)52(40,4)29-43(59)47(37)51/h5-8,10-13,26-28,37,40,43,47,58-59,64H,9,14-25,29-31H2,1-4H3,(H2-,54,55,61,62,65,66,67)/b56-36-. The van der Waals surface area contributed by atoms with Crippen molar-refractivity contribution in [2.75, 3.05) is 45.3 Å². The van der Waals surface area contributed by atoms with E-state index < -0.39 is 51.4 Å². The van der Waals surface area contributed by atoms with Gasteiger partial charge in [0.1, 0.15) is 18.0 Å². The number of aromatic nitrogens is 1. The van der Waals surface area contributed by atoms with Crippen LogP contribution in [0, 0.1) is 42.4 Å². The summed E-state index contributed by atoms with van der Waals surface area (Å²) in [5.41, 5.74) is 2.39. The molecule has 5 N–H and O–H groups in total. The molecule has 3 saturated carbocycles. The minimum Gasteiger partial charge on any atom is -0.748 e. The number of hydrogen-bond donors (Lipinski definition) is 5. The maximum absolute atomic E-state index is 14.1. The zero-order valence-electron chi connectivity index (χ0n) is 40.7. The minimum atomic E-state index is -4.40. The lowest BCUT2D eigenvalue weighted by Crippen LogP contribution is -2.62. The quantitative estimate of drug-likeness (QED) is 0.0175. The highest BCUT2D eigenvalue weighted by Crippen LogP contribution is 2.67. The zero-order chi connectivity index (χ0) is 50.9. The lowest BCUT2D eigenvalue weighted by atomic mass is 9.45. The van der Waals surface area contributed by atoms with Gasteiger partial charge in [0.05, 0.1) is 51.5 Å². The highest BCUT2D eigenvalue weighted by atomic mass is 32.2. The number of rotatable bonds is 18. The van der Waals surface area contributed by atoms with Gasteiger partial charge in [0.2, 0.25) is 11.0 Å². The number of nitrogens with one attached hydrogen (secondary N) is 2. The van der Waals surface area contributed by atoms with Crippen molar-refractivity contribution >= 4 is 61.2 Å². The predicted molar refractivity (Wildman–Crippen MR) is 261 cm³/mol. The molecule has 0 aliphatic heterocycles. The number of ketones is 1. The van der Waals surface area contributed by atoms with Crippen LogP contribution in [0.1, 0.15) is 97.1 Å². The number of oxime groups is 1. The van der Waals surface area contributed by atoms with Crippen LogP contribution in [0.25, 0.3) is 21.8 Å². The number of Topliss-reactive ketones (excluding diaryl/α,β-unsaturated/α-hetero) is 1. The fraction of sp³-hybridized carbons (Fsp3) is 0.509. The molecular weight excluding hydrogens is 933 g/mol. The fourth-order valence-corrected chi connectivity index (χ4v) is 13.1. The SMILES string of the molecule is Cc1cc(C(=O)NCCOCCNC(=O)CO/N=C2\C=C3CCC4C(C(O)CC5(C)C4CCC5(O)C(=O)CO)C3(C)CC2)cc(C)c1OC(=O)c1c2ccccc2[n+](CCCS(=O)(=O)[O-])c2ccccc12. The Kier molecular flexibility index (Phi) is 15.2. The van der Waals surface area contributed by atoms with Gasteiger partial charge in [-0.05, 0) is 123 Å². The maximum Gasteiger partial charge on any atom is 0.345 e. The Hall–Kier alpha value is -5.63. The maximum atomic E-state index is 14.1. The van der Waals surface area contributed by atoms with E-state index in [2.05, 4.69) is 22.7 Å². The number of allylic oxidation sites excluding steroid dienone is 2. The van der Waals surface area contributed by atoms with Crippen molar-refractivity contribution in [2.24, 2.45) is 33.7 Å². The van der Waals surface area contributed by atoms with Gasteiger partial charge in [0.25, 0.3) is 11.8 Å². The second-order valence-electron chi connectivity index (χ2n) is 20.2. The molecular formula is C53H64N4O13S. The average Bonchev–Trinajstić information content (AvgIpc) is 3.60. The van der Waals surface area contributed by atoms with Crippen LogP contribution in [0.4, 0.5) is 0 Å². The number of ether oxygens (including phenoxy) is 2. The topological polar surface area (TPSA) is 254 Å². The summed E-state index contributed by atoms with van der Waals surface area (Å²) in [5, 5.41) is 43.8. The summed E-state index contributed by atoms with van der Waals surface area (Å²) in [4.78, 5) is 57.9. The number of nitrogens with zero attached hydrogens (tertiary/aromatic N) is 2. The molecule has 1 heterocycles. The van der Waals surface area contributed by atoms with Crippen LogP contribution in [-0.4, -0.2) is 115 Å². The molecule has 17 nitrogen and oxygen atoms in total. The second-order valence-corrected chi connectivity index (χ2v) is 21.7. The van der Waals surface area contributed by atoms with Crippen molar-refractivity contribution in [3.63, 3.8) is 0 Å². The number of aliphatic hydroxyl groups excluding tert-OH is 2. The van der Waals surface area contributed by atoms with Crippen LogP contribution in [-0.2, 0) is 35.8 Å². The lowest BCUT2D eigenvalue weighted by molar-refractivity contribution is -0.645. The lowest BCUT2D eigenvalue weighted by Gasteiger charge is -2.60. The number of esters is 1. The van der Waals surface area contributed by atoms with E-state index in [1.54, 1.807) is 50.2 Å². The summed E-state index contributed by atoms with van der Waals surface area (Å²) in [7, 11) is -4.40. The van der Waals surface area contributed by atoms with Crippen LogP contribution < -0.4 is 19.9 Å². The van der Waals surface area contributed by atoms with Crippen molar-refractivity contribution in [3.05, 3.63) is 94.6 Å². The van der Waals surface area contributed by atoms with Crippen LogP contribution in [0.3, 0.4) is 0 Å². The minimum absolute atomic E-state index is 0.0314. The smallest absolute Gasteiger partial charge is 0.345 e. The summed E-state index contributed by atoms with van der Waals surface area (Å²) < 4.78 is 47.6. The van der Waals surface area contributed by atoms with Crippen LogP contribution in [0.2, 0.25) is 0 Å². The number of pyridine rings is 1. The molecule has 3 fully saturated rings. The van der Waals surface area contributed by atoms with Crippen LogP contribution in [0.15, 0.2) is 77.5 Å². The van der Waals surface area contributed by atoms with E-state index in [4.69, 9.17) is 14.3 Å². The molecule has 380 valence electrons. The first-order valence-electron chi connectivity index (χ1n) is 24.5. The van der Waals surface area contributed by atoms with Crippen LogP contribution in [0.5, 0.6) is 5.75 Å². The summed E-state index contributed by atoms with van der Waals surface area (Å²) >= 11 is 0. The molecule has 0 radical (unpaired) electrons. The highest BCUT2D eigenvalue weighted by molar-refractivity contribution is 7.85. The number of carbonyl (C=O) groups is 4. The number of aliphatic hydroxyl groups is 3. The highest BCUT2D eigenvalue weighted by Gasteiger charge is 2.68. The third-order valence-electron chi connectivity index (χ3n) is 16.0. The van der Waals surface area contributed by atoms with E-state index in [-0.39, 0.29) is 80.9 Å². The first-order valence-corrected chi connectivity index (χ1v) is 26.0. The first-order chi connectivity index (χ1) is 33.8. The monoisotopic (exact) mass is 996 g/mol. The number of amides is 2. The molecule has 4 aromatic rings. The number of carbonyl (C=O) groups excluding carboxylic acids is 4. The van der Waals surface area contributed by atoms with Crippen molar-refractivity contribution in [3.8, 4) is 5.75 Å². The zero-order valence-corrected chi connectivity index (χ0v) is 41.5. The largest absolute Gasteiger partial charge is 0.748 e. The van der Waals surface area contributed by atoms with E-state index in [1.165, 1.54) is 5.57 Å². The van der Waals surface area contributed by atoms with Crippen molar-refractivity contribution in [2.45, 2.75) is 97.3 Å². The van der Waals surface area contributed by atoms with Gasteiger partial charge in [-0.25, -0.2) is 13.2 Å². The summed E-state index contributed by atoms with van der Waals surface area (Å²) in [6, 6.07) is 17.7. The van der Waals surface area contributed by atoms with Gasteiger partial charge in [-0.2, -0.15) is 4.57 Å². The van der Waals surface area contributed by atoms with Gasteiger partial charge in [-0.15, -0.1) is 0 Å². The van der Waals surface area contributed by atoms with Gasteiger partial charge in [0, 0.05) is 48.4 Å². The summed E-state index contributed by atoms with van der Waals surface area (Å²) in [6.07, 6.45) is 5.67. The third-order valence-corrected chi connectivity index (χ3v) is 16.8. The Balaban J connectivity index is 0.774. The Bertz CT molecular complexity index is 2840. The number of para-hydroxylation sites is 2. The Morgan fingerprint density at radius 3 is 2.21 bits per heavy atom. The number of hydrogen-bond acceptors (Lipinski definition) is 14. The molecule has 7 unspecified atom stereocenters. The third kappa shape index (κ3) is 10.2. The molecule has 4 aliphatic carbocycles. The molecule has 7 atom stereocenters. The normalized spacial score (nSPS) is 26.5. The van der Waals surface area contributed by atoms with Gasteiger partial charge < -0.3 is 44.8 Å². The van der Waals surface area contributed by atoms with Crippen molar-refractivity contribution < 1.29 is 66.3 Å². The number of benzene rings is 3. The molecule has 18 heteroatoms. The molecule has 2 amide bonds. The molecule has 3 aromatic carbocycles. The predicted octanol–water partition coefficient (Wildman–Crippen LogP) is 4.51.